The molecule has 0 radical (unpaired) electrons. The van der Waals surface area contributed by atoms with Crippen molar-refractivity contribution in [2.24, 2.45) is 5.92 Å². The molecule has 0 saturated heterocycles. The maximum absolute atomic E-state index is 11.2. The van der Waals surface area contributed by atoms with Gasteiger partial charge in [-0.05, 0) is 50.8 Å². The largest absolute Gasteiger partial charge is 0.372 e. The van der Waals surface area contributed by atoms with E-state index in [0.717, 1.165) is 19.5 Å². The molecule has 2 nitrogen and oxygen atoms in total. The minimum atomic E-state index is 0.286. The van der Waals surface area contributed by atoms with E-state index < -0.39 is 0 Å². The molecule has 0 heterocycles. The lowest BCUT2D eigenvalue weighted by Crippen LogP contribution is -2.21. The summed E-state index contributed by atoms with van der Waals surface area (Å²) < 4.78 is 0. The Balaban J connectivity index is 2.06. The van der Waals surface area contributed by atoms with Crippen LogP contribution in [0.4, 0.5) is 5.69 Å². The van der Waals surface area contributed by atoms with Gasteiger partial charge in [-0.15, -0.1) is 0 Å². The van der Waals surface area contributed by atoms with Crippen molar-refractivity contribution in [3.63, 3.8) is 0 Å². The molecule has 1 fully saturated rings. The SMILES string of the molecule is CCN(CC)c1ccc([C@H]2C[C@H]2C(C)=O)cc1. The van der Waals surface area contributed by atoms with Crippen molar-refractivity contribution in [2.75, 3.05) is 18.0 Å². The summed E-state index contributed by atoms with van der Waals surface area (Å²) in [5.41, 5.74) is 2.60. The number of anilines is 1. The lowest BCUT2D eigenvalue weighted by molar-refractivity contribution is -0.118. The van der Waals surface area contributed by atoms with Crippen LogP contribution in [0.15, 0.2) is 24.3 Å². The molecular formula is C15H21NO. The molecule has 1 aliphatic carbocycles. The lowest BCUT2D eigenvalue weighted by Gasteiger charge is -2.21. The Hall–Kier alpha value is -1.31. The Morgan fingerprint density at radius 3 is 2.24 bits per heavy atom. The van der Waals surface area contributed by atoms with Gasteiger partial charge in [0.2, 0.25) is 0 Å². The van der Waals surface area contributed by atoms with E-state index in [1.54, 1.807) is 6.92 Å². The van der Waals surface area contributed by atoms with Crippen LogP contribution in [0.5, 0.6) is 0 Å². The first kappa shape index (κ1) is 12.2. The zero-order valence-corrected chi connectivity index (χ0v) is 10.9. The molecule has 2 atom stereocenters. The monoisotopic (exact) mass is 231 g/mol. The maximum atomic E-state index is 11.2. The first-order valence-corrected chi connectivity index (χ1v) is 6.52. The molecule has 92 valence electrons. The van der Waals surface area contributed by atoms with Crippen LogP contribution in [-0.2, 0) is 4.79 Å². The van der Waals surface area contributed by atoms with E-state index in [9.17, 15) is 4.79 Å². The highest BCUT2D eigenvalue weighted by Gasteiger charge is 2.41. The van der Waals surface area contributed by atoms with Gasteiger partial charge in [-0.1, -0.05) is 12.1 Å². The van der Waals surface area contributed by atoms with Crippen LogP contribution >= 0.6 is 0 Å². The molecule has 17 heavy (non-hydrogen) atoms. The van der Waals surface area contributed by atoms with Gasteiger partial charge in [-0.3, -0.25) is 4.79 Å². The minimum Gasteiger partial charge on any atom is -0.372 e. The topological polar surface area (TPSA) is 20.3 Å². The lowest BCUT2D eigenvalue weighted by atomic mass is 10.1. The maximum Gasteiger partial charge on any atom is 0.133 e. The molecule has 0 unspecified atom stereocenters. The fraction of sp³-hybridized carbons (Fsp3) is 0.533. The highest BCUT2D eigenvalue weighted by molar-refractivity contribution is 5.82. The van der Waals surface area contributed by atoms with Gasteiger partial charge < -0.3 is 4.90 Å². The van der Waals surface area contributed by atoms with Crippen molar-refractivity contribution in [1.29, 1.82) is 0 Å². The van der Waals surface area contributed by atoms with Gasteiger partial charge in [0.05, 0.1) is 0 Å². The first-order chi connectivity index (χ1) is 8.17. The quantitative estimate of drug-likeness (QED) is 0.775. The van der Waals surface area contributed by atoms with Gasteiger partial charge >= 0.3 is 0 Å². The van der Waals surface area contributed by atoms with Gasteiger partial charge in [0.15, 0.2) is 0 Å². The molecule has 2 heteroatoms. The number of hydrogen-bond donors (Lipinski definition) is 0. The van der Waals surface area contributed by atoms with E-state index in [-0.39, 0.29) is 5.92 Å². The second-order valence-corrected chi connectivity index (χ2v) is 4.82. The highest BCUT2D eigenvalue weighted by Crippen LogP contribution is 2.48. The van der Waals surface area contributed by atoms with Crippen LogP contribution < -0.4 is 4.90 Å². The smallest absolute Gasteiger partial charge is 0.133 e. The highest BCUT2D eigenvalue weighted by atomic mass is 16.1. The number of hydrogen-bond acceptors (Lipinski definition) is 2. The number of Topliss-reactive ketones (excluding diaryl/α,β-unsaturated/α-hetero) is 1. The van der Waals surface area contributed by atoms with Crippen LogP contribution in [0.25, 0.3) is 0 Å². The summed E-state index contributed by atoms with van der Waals surface area (Å²) in [6.07, 6.45) is 1.04. The van der Waals surface area contributed by atoms with E-state index in [0.29, 0.717) is 11.7 Å². The molecule has 0 spiro atoms. The van der Waals surface area contributed by atoms with Crippen molar-refractivity contribution in [3.8, 4) is 0 Å². The van der Waals surface area contributed by atoms with Crippen LogP contribution in [0.1, 0.15) is 38.7 Å². The number of carbonyl (C=O) groups is 1. The van der Waals surface area contributed by atoms with E-state index >= 15 is 0 Å². The standard InChI is InChI=1S/C15H21NO/c1-4-16(5-2)13-8-6-12(7-9-13)15-10-14(15)11(3)17/h6-9,14-15H,4-5,10H2,1-3H3/t14-,15+/m0/s1. The van der Waals surface area contributed by atoms with Crippen LogP contribution in [0.2, 0.25) is 0 Å². The normalized spacial score (nSPS) is 22.3. The van der Waals surface area contributed by atoms with Crippen LogP contribution in [0, 0.1) is 5.92 Å². The van der Waals surface area contributed by atoms with Crippen molar-refractivity contribution >= 4 is 11.5 Å². The molecular weight excluding hydrogens is 210 g/mol. The molecule has 0 aliphatic heterocycles. The van der Waals surface area contributed by atoms with Crippen LogP contribution in [-0.4, -0.2) is 18.9 Å². The fourth-order valence-electron chi connectivity index (χ4n) is 2.53. The Bertz CT molecular complexity index is 392. The fourth-order valence-corrected chi connectivity index (χ4v) is 2.53. The average Bonchev–Trinajstić information content (AvgIpc) is 3.12. The third-order valence-electron chi connectivity index (χ3n) is 3.76. The average molecular weight is 231 g/mol. The van der Waals surface area contributed by atoms with Gasteiger partial charge in [0, 0.05) is 24.7 Å². The van der Waals surface area contributed by atoms with Crippen LogP contribution in [0.3, 0.4) is 0 Å². The molecule has 1 aromatic rings. The number of benzene rings is 1. The molecule has 1 aliphatic rings. The van der Waals surface area contributed by atoms with Crippen molar-refractivity contribution in [3.05, 3.63) is 29.8 Å². The van der Waals surface area contributed by atoms with E-state index in [1.165, 1.54) is 11.3 Å². The molecule has 0 N–H and O–H groups in total. The predicted molar refractivity (Wildman–Crippen MR) is 71.5 cm³/mol. The zero-order valence-electron chi connectivity index (χ0n) is 10.9. The number of nitrogens with zero attached hydrogens (tertiary/aromatic N) is 1. The predicted octanol–water partition coefficient (Wildman–Crippen LogP) is 3.23. The van der Waals surface area contributed by atoms with E-state index in [4.69, 9.17) is 0 Å². The van der Waals surface area contributed by atoms with Crippen molar-refractivity contribution in [2.45, 2.75) is 33.1 Å². The Morgan fingerprint density at radius 1 is 1.24 bits per heavy atom. The summed E-state index contributed by atoms with van der Waals surface area (Å²) in [5, 5.41) is 0. The summed E-state index contributed by atoms with van der Waals surface area (Å²) in [6, 6.07) is 8.72. The van der Waals surface area contributed by atoms with Crippen molar-refractivity contribution in [1.82, 2.24) is 0 Å². The molecule has 0 bridgehead atoms. The van der Waals surface area contributed by atoms with Crippen molar-refractivity contribution < 1.29 is 4.79 Å². The van der Waals surface area contributed by atoms with Gasteiger partial charge in [0.1, 0.15) is 5.78 Å². The number of ketones is 1. The second kappa shape index (κ2) is 4.91. The number of carbonyl (C=O) groups excluding carboxylic acids is 1. The second-order valence-electron chi connectivity index (χ2n) is 4.82. The molecule has 2 rings (SSSR count). The Morgan fingerprint density at radius 2 is 1.82 bits per heavy atom. The molecule has 0 amide bonds. The summed E-state index contributed by atoms with van der Waals surface area (Å²) in [6.45, 7) is 8.12. The summed E-state index contributed by atoms with van der Waals surface area (Å²) in [5.74, 6) is 1.11. The Labute approximate surface area is 104 Å². The number of rotatable bonds is 5. The van der Waals surface area contributed by atoms with Gasteiger partial charge in [-0.25, -0.2) is 0 Å². The van der Waals surface area contributed by atoms with E-state index in [1.807, 2.05) is 0 Å². The molecule has 1 aromatic carbocycles. The first-order valence-electron chi connectivity index (χ1n) is 6.52. The molecule has 1 saturated carbocycles. The summed E-state index contributed by atoms with van der Waals surface area (Å²) in [4.78, 5) is 13.6. The summed E-state index contributed by atoms with van der Waals surface area (Å²) >= 11 is 0. The summed E-state index contributed by atoms with van der Waals surface area (Å²) in [7, 11) is 0. The van der Waals surface area contributed by atoms with Gasteiger partial charge in [-0.2, -0.15) is 0 Å². The van der Waals surface area contributed by atoms with E-state index in [2.05, 4.69) is 43.0 Å². The van der Waals surface area contributed by atoms with Gasteiger partial charge in [0.25, 0.3) is 0 Å². The zero-order chi connectivity index (χ0) is 12.4. The third kappa shape index (κ3) is 2.51. The molecule has 0 aromatic heterocycles. The Kier molecular flexibility index (Phi) is 3.51. The minimum absolute atomic E-state index is 0.286. The third-order valence-corrected chi connectivity index (χ3v) is 3.76.